The van der Waals surface area contributed by atoms with Gasteiger partial charge in [0.15, 0.2) is 13.2 Å². The maximum atomic E-state index is 12.0. The molecule has 0 unspecified atom stereocenters. The number of rotatable bonds is 9. The summed E-state index contributed by atoms with van der Waals surface area (Å²) in [7, 11) is 0. The first-order valence-electron chi connectivity index (χ1n) is 9.81. The Morgan fingerprint density at radius 2 is 1.30 bits per heavy atom. The molecule has 0 aliphatic heterocycles. The molecular formula is C23H29ClN2O4. The zero-order valence-electron chi connectivity index (χ0n) is 18.1. The number of amides is 2. The van der Waals surface area contributed by atoms with Gasteiger partial charge in [-0.3, -0.25) is 9.59 Å². The smallest absolute Gasteiger partial charge is 0.258 e. The van der Waals surface area contributed by atoms with E-state index in [1.165, 1.54) is 0 Å². The van der Waals surface area contributed by atoms with Crippen LogP contribution in [0.3, 0.4) is 0 Å². The standard InChI is InChI=1S/C23H29ClN2O4/c1-14-6-7-15(2)23(18(14)5)30-13-21(28)26-9-8-25-20(27)12-29-19-10-16(3)22(24)17(4)11-19/h6-7,10-11H,8-9,12-13H2,1-5H3,(H,25,27)(H,26,28). The minimum atomic E-state index is -0.267. The fourth-order valence-electron chi connectivity index (χ4n) is 2.93. The molecule has 0 saturated carbocycles. The lowest BCUT2D eigenvalue weighted by atomic mass is 10.1. The molecule has 0 saturated heterocycles. The van der Waals surface area contributed by atoms with Crippen LogP contribution in [0.2, 0.25) is 5.02 Å². The van der Waals surface area contributed by atoms with Crippen molar-refractivity contribution in [2.75, 3.05) is 26.3 Å². The lowest BCUT2D eigenvalue weighted by molar-refractivity contribution is -0.124. The molecule has 0 aromatic heterocycles. The minimum absolute atomic E-state index is 0.0720. The van der Waals surface area contributed by atoms with Crippen LogP contribution in [0, 0.1) is 34.6 Å². The lowest BCUT2D eigenvalue weighted by Crippen LogP contribution is -2.38. The molecule has 0 radical (unpaired) electrons. The second-order valence-electron chi connectivity index (χ2n) is 7.30. The van der Waals surface area contributed by atoms with Gasteiger partial charge < -0.3 is 20.1 Å². The molecular weight excluding hydrogens is 404 g/mol. The third kappa shape index (κ3) is 6.66. The van der Waals surface area contributed by atoms with Crippen molar-refractivity contribution in [3.8, 4) is 11.5 Å². The highest BCUT2D eigenvalue weighted by molar-refractivity contribution is 6.32. The van der Waals surface area contributed by atoms with Crippen LogP contribution in [0.5, 0.6) is 11.5 Å². The molecule has 162 valence electrons. The number of hydrogen-bond acceptors (Lipinski definition) is 4. The molecule has 2 amide bonds. The molecule has 2 aromatic carbocycles. The third-order valence-corrected chi connectivity index (χ3v) is 5.37. The summed E-state index contributed by atoms with van der Waals surface area (Å²) >= 11 is 6.12. The van der Waals surface area contributed by atoms with Gasteiger partial charge in [0.05, 0.1) is 0 Å². The topological polar surface area (TPSA) is 76.7 Å². The van der Waals surface area contributed by atoms with E-state index in [-0.39, 0.29) is 25.0 Å². The van der Waals surface area contributed by atoms with E-state index >= 15 is 0 Å². The zero-order chi connectivity index (χ0) is 22.3. The van der Waals surface area contributed by atoms with Gasteiger partial charge in [-0.25, -0.2) is 0 Å². The SMILES string of the molecule is Cc1ccc(C)c(OCC(=O)NCCNC(=O)COc2cc(C)c(Cl)c(C)c2)c1C. The molecule has 0 spiro atoms. The van der Waals surface area contributed by atoms with E-state index in [1.807, 2.05) is 46.8 Å². The van der Waals surface area contributed by atoms with Crippen LogP contribution in [0.25, 0.3) is 0 Å². The van der Waals surface area contributed by atoms with Crippen LogP contribution >= 0.6 is 11.6 Å². The van der Waals surface area contributed by atoms with Crippen LogP contribution in [-0.2, 0) is 9.59 Å². The number of halogens is 1. The summed E-state index contributed by atoms with van der Waals surface area (Å²) < 4.78 is 11.2. The Kier molecular flexibility index (Phi) is 8.54. The van der Waals surface area contributed by atoms with Gasteiger partial charge in [-0.15, -0.1) is 0 Å². The summed E-state index contributed by atoms with van der Waals surface area (Å²) in [5.74, 6) is 0.824. The van der Waals surface area contributed by atoms with E-state index < -0.39 is 0 Å². The fourth-order valence-corrected chi connectivity index (χ4v) is 3.04. The number of aryl methyl sites for hydroxylation is 4. The molecule has 0 fully saturated rings. The summed E-state index contributed by atoms with van der Waals surface area (Å²) in [5, 5.41) is 6.12. The van der Waals surface area contributed by atoms with E-state index in [9.17, 15) is 9.59 Å². The monoisotopic (exact) mass is 432 g/mol. The van der Waals surface area contributed by atoms with Crippen molar-refractivity contribution in [1.29, 1.82) is 0 Å². The maximum Gasteiger partial charge on any atom is 0.258 e. The normalized spacial score (nSPS) is 10.5. The highest BCUT2D eigenvalue weighted by Gasteiger charge is 2.10. The summed E-state index contributed by atoms with van der Waals surface area (Å²) in [6.45, 7) is 10.1. The summed E-state index contributed by atoms with van der Waals surface area (Å²) in [6.07, 6.45) is 0. The van der Waals surface area contributed by atoms with Gasteiger partial charge in [0.1, 0.15) is 11.5 Å². The number of carbonyl (C=O) groups excluding carboxylic acids is 2. The lowest BCUT2D eigenvalue weighted by Gasteiger charge is -2.14. The van der Waals surface area contributed by atoms with Gasteiger partial charge in [0.25, 0.3) is 11.8 Å². The Labute approximate surface area is 182 Å². The third-order valence-electron chi connectivity index (χ3n) is 4.77. The van der Waals surface area contributed by atoms with E-state index in [4.69, 9.17) is 21.1 Å². The first-order valence-corrected chi connectivity index (χ1v) is 10.2. The second-order valence-corrected chi connectivity index (χ2v) is 7.68. The van der Waals surface area contributed by atoms with Crippen molar-refractivity contribution in [3.05, 3.63) is 57.1 Å². The Morgan fingerprint density at radius 1 is 0.800 bits per heavy atom. The summed E-state index contributed by atoms with van der Waals surface area (Å²) in [4.78, 5) is 23.9. The highest BCUT2D eigenvalue weighted by Crippen LogP contribution is 2.26. The van der Waals surface area contributed by atoms with E-state index in [2.05, 4.69) is 10.6 Å². The number of carbonyl (C=O) groups is 2. The second kappa shape index (κ2) is 10.9. The van der Waals surface area contributed by atoms with E-state index in [0.717, 1.165) is 33.6 Å². The van der Waals surface area contributed by atoms with Gasteiger partial charge in [-0.05, 0) is 74.6 Å². The Morgan fingerprint density at radius 3 is 1.87 bits per heavy atom. The summed E-state index contributed by atoms with van der Waals surface area (Å²) in [6, 6.07) is 7.58. The highest BCUT2D eigenvalue weighted by atomic mass is 35.5. The minimum Gasteiger partial charge on any atom is -0.484 e. The van der Waals surface area contributed by atoms with Crippen molar-refractivity contribution in [1.82, 2.24) is 10.6 Å². The number of benzene rings is 2. The van der Waals surface area contributed by atoms with Crippen LogP contribution in [0.4, 0.5) is 0 Å². The quantitative estimate of drug-likeness (QED) is 0.594. The van der Waals surface area contributed by atoms with Gasteiger partial charge in [-0.2, -0.15) is 0 Å². The van der Waals surface area contributed by atoms with Crippen LogP contribution in [0.1, 0.15) is 27.8 Å². The van der Waals surface area contributed by atoms with Crippen LogP contribution < -0.4 is 20.1 Å². The predicted octanol–water partition coefficient (Wildman–Crippen LogP) is 3.57. The fraction of sp³-hybridized carbons (Fsp3) is 0.391. The molecule has 2 aromatic rings. The zero-order valence-corrected chi connectivity index (χ0v) is 18.9. The molecule has 30 heavy (non-hydrogen) atoms. The average Bonchev–Trinajstić information content (AvgIpc) is 2.70. The number of nitrogens with one attached hydrogen (secondary N) is 2. The van der Waals surface area contributed by atoms with Crippen LogP contribution in [0.15, 0.2) is 24.3 Å². The largest absolute Gasteiger partial charge is 0.484 e. The first kappa shape index (κ1) is 23.5. The Hall–Kier alpha value is -2.73. The molecule has 0 heterocycles. The Balaban J connectivity index is 1.67. The predicted molar refractivity (Wildman–Crippen MR) is 119 cm³/mol. The molecule has 0 aliphatic carbocycles. The molecule has 2 rings (SSSR count). The average molecular weight is 433 g/mol. The van der Waals surface area contributed by atoms with Crippen LogP contribution in [-0.4, -0.2) is 38.1 Å². The van der Waals surface area contributed by atoms with Gasteiger partial charge in [0.2, 0.25) is 0 Å². The van der Waals surface area contributed by atoms with Crippen molar-refractivity contribution < 1.29 is 19.1 Å². The molecule has 0 aliphatic rings. The maximum absolute atomic E-state index is 12.0. The number of ether oxygens (including phenoxy) is 2. The van der Waals surface area contributed by atoms with Crippen molar-refractivity contribution >= 4 is 23.4 Å². The van der Waals surface area contributed by atoms with E-state index in [0.29, 0.717) is 23.9 Å². The molecule has 7 heteroatoms. The van der Waals surface area contributed by atoms with Gasteiger partial charge >= 0.3 is 0 Å². The van der Waals surface area contributed by atoms with Crippen molar-refractivity contribution in [2.24, 2.45) is 0 Å². The molecule has 2 N–H and O–H groups in total. The van der Waals surface area contributed by atoms with Gasteiger partial charge in [0, 0.05) is 18.1 Å². The molecule has 0 atom stereocenters. The Bertz CT molecular complexity index is 905. The number of hydrogen-bond donors (Lipinski definition) is 2. The van der Waals surface area contributed by atoms with Crippen molar-refractivity contribution in [2.45, 2.75) is 34.6 Å². The molecule has 6 nitrogen and oxygen atoms in total. The first-order chi connectivity index (χ1) is 14.2. The molecule has 0 bridgehead atoms. The van der Waals surface area contributed by atoms with E-state index in [1.54, 1.807) is 12.1 Å². The summed E-state index contributed by atoms with van der Waals surface area (Å²) in [5.41, 5.74) is 4.93. The van der Waals surface area contributed by atoms with Crippen molar-refractivity contribution in [3.63, 3.8) is 0 Å². The van der Waals surface area contributed by atoms with Gasteiger partial charge in [-0.1, -0.05) is 23.7 Å².